The molecule has 4 amide bonds. The zero-order chi connectivity index (χ0) is 43.8. The number of carbonyl (C=O) groups is 4. The summed E-state index contributed by atoms with van der Waals surface area (Å²) in [5, 5.41) is 31.9. The lowest BCUT2D eigenvalue weighted by Gasteiger charge is -2.28. The quantitative estimate of drug-likeness (QED) is 0.0370. The van der Waals surface area contributed by atoms with Crippen LogP contribution in [0.1, 0.15) is 102 Å². The Morgan fingerprint density at radius 2 is 1.29 bits per heavy atom. The number of guanidine groups is 1. The first-order valence-electron chi connectivity index (χ1n) is 20.0. The highest BCUT2D eigenvalue weighted by atomic mass is 16.6. The summed E-state index contributed by atoms with van der Waals surface area (Å²) in [5.41, 5.74) is 6.96. The van der Waals surface area contributed by atoms with Crippen LogP contribution in [0.3, 0.4) is 0 Å². The predicted octanol–water partition coefficient (Wildman–Crippen LogP) is 6.54. The maximum absolute atomic E-state index is 14.6. The second-order valence-corrected chi connectivity index (χ2v) is 16.5. The number of ether oxygens (including phenoxy) is 3. The third-order valence-corrected chi connectivity index (χ3v) is 8.86. The van der Waals surface area contributed by atoms with Gasteiger partial charge in [-0.25, -0.2) is 9.59 Å². The van der Waals surface area contributed by atoms with Crippen molar-refractivity contribution in [3.63, 3.8) is 0 Å². The molecule has 3 aromatic rings. The Morgan fingerprint density at radius 1 is 0.695 bits per heavy atom. The molecule has 3 aromatic carbocycles. The van der Waals surface area contributed by atoms with Crippen molar-refractivity contribution in [3.05, 3.63) is 89.0 Å². The van der Waals surface area contributed by atoms with E-state index in [9.17, 15) is 24.3 Å². The average molecular weight is 818 g/mol. The lowest BCUT2D eigenvalue weighted by molar-refractivity contribution is -0.130. The number of rotatable bonds is 19. The van der Waals surface area contributed by atoms with Gasteiger partial charge in [-0.3, -0.25) is 15.0 Å². The summed E-state index contributed by atoms with van der Waals surface area (Å²) in [5.74, 6) is -0.0360. The third-order valence-electron chi connectivity index (χ3n) is 8.86. The van der Waals surface area contributed by atoms with E-state index in [4.69, 9.17) is 25.4 Å². The van der Waals surface area contributed by atoms with Crippen LogP contribution in [0.5, 0.6) is 17.2 Å². The largest absolute Gasteiger partial charge is 0.508 e. The number of carbonyl (C=O) groups excluding carboxylic acids is 4. The lowest BCUT2D eigenvalue weighted by Crippen LogP contribution is -2.55. The number of aryl methyl sites for hydroxylation is 2. The van der Waals surface area contributed by atoms with Crippen LogP contribution in [-0.4, -0.2) is 71.4 Å². The van der Waals surface area contributed by atoms with Gasteiger partial charge in [0.05, 0.1) is 6.04 Å². The van der Waals surface area contributed by atoms with Crippen molar-refractivity contribution in [3.8, 4) is 17.2 Å². The van der Waals surface area contributed by atoms with Crippen molar-refractivity contribution in [2.24, 2.45) is 5.73 Å². The molecule has 0 spiro atoms. The fraction of sp³-hybridized carbons (Fsp3) is 0.477. The van der Waals surface area contributed by atoms with Crippen LogP contribution in [-0.2, 0) is 25.5 Å². The van der Waals surface area contributed by atoms with E-state index >= 15 is 0 Å². The summed E-state index contributed by atoms with van der Waals surface area (Å²) < 4.78 is 16.9. The average Bonchev–Trinajstić information content (AvgIpc) is 3.12. The van der Waals surface area contributed by atoms with Gasteiger partial charge in [0.1, 0.15) is 40.5 Å². The summed E-state index contributed by atoms with van der Waals surface area (Å²) >= 11 is 0. The van der Waals surface area contributed by atoms with Crippen molar-refractivity contribution >= 4 is 30.0 Å². The fourth-order valence-corrected chi connectivity index (χ4v) is 6.22. The van der Waals surface area contributed by atoms with Crippen molar-refractivity contribution in [1.82, 2.24) is 26.6 Å². The Balaban J connectivity index is 1.94. The van der Waals surface area contributed by atoms with Gasteiger partial charge in [-0.1, -0.05) is 30.3 Å². The van der Waals surface area contributed by atoms with Crippen molar-refractivity contribution in [2.45, 2.75) is 123 Å². The van der Waals surface area contributed by atoms with Crippen LogP contribution >= 0.6 is 0 Å². The van der Waals surface area contributed by atoms with Gasteiger partial charge >= 0.3 is 12.2 Å². The Kier molecular flexibility index (Phi) is 17.9. The normalized spacial score (nSPS) is 12.9. The minimum atomic E-state index is -1.12. The Morgan fingerprint density at radius 3 is 1.92 bits per heavy atom. The van der Waals surface area contributed by atoms with E-state index in [1.54, 1.807) is 53.7 Å². The zero-order valence-corrected chi connectivity index (χ0v) is 35.6. The molecule has 3 atom stereocenters. The number of phenolic OH excluding ortho intramolecular Hbond substituents is 1. The molecule has 0 heterocycles. The number of para-hydroxylation sites is 1. The molecule has 3 rings (SSSR count). The first kappa shape index (κ1) is 47.4. The lowest BCUT2D eigenvalue weighted by atomic mass is 9.94. The van der Waals surface area contributed by atoms with Crippen LogP contribution in [0.2, 0.25) is 0 Å². The second-order valence-electron chi connectivity index (χ2n) is 16.5. The van der Waals surface area contributed by atoms with Crippen LogP contribution in [0.25, 0.3) is 0 Å². The molecule has 0 fully saturated rings. The van der Waals surface area contributed by atoms with Gasteiger partial charge in [-0.05, 0) is 146 Å². The maximum atomic E-state index is 14.6. The number of nitrogens with two attached hydrogens (primary N) is 1. The third kappa shape index (κ3) is 18.0. The summed E-state index contributed by atoms with van der Waals surface area (Å²) in [6.07, 6.45) is 0.925. The monoisotopic (exact) mass is 817 g/mol. The van der Waals surface area contributed by atoms with Gasteiger partial charge in [0.2, 0.25) is 11.8 Å². The summed E-state index contributed by atoms with van der Waals surface area (Å²) in [6, 6.07) is 17.2. The summed E-state index contributed by atoms with van der Waals surface area (Å²) in [7, 11) is 0. The van der Waals surface area contributed by atoms with Crippen molar-refractivity contribution < 1.29 is 38.5 Å². The van der Waals surface area contributed by atoms with Crippen molar-refractivity contribution in [1.29, 1.82) is 5.41 Å². The number of benzene rings is 3. The minimum absolute atomic E-state index is 0.0737. The predicted molar refractivity (Wildman–Crippen MR) is 227 cm³/mol. The molecule has 322 valence electrons. The molecular formula is C44H63N7O8. The molecule has 0 aliphatic carbocycles. The highest BCUT2D eigenvalue weighted by Gasteiger charge is 2.31. The van der Waals surface area contributed by atoms with E-state index in [0.717, 1.165) is 22.3 Å². The van der Waals surface area contributed by atoms with E-state index in [0.29, 0.717) is 43.7 Å². The number of unbranched alkanes of at least 4 members (excludes halogenated alkanes) is 1. The molecule has 0 aliphatic rings. The molecule has 0 saturated carbocycles. The van der Waals surface area contributed by atoms with Gasteiger partial charge in [0, 0.05) is 19.5 Å². The van der Waals surface area contributed by atoms with Crippen LogP contribution < -0.4 is 37.1 Å². The minimum Gasteiger partial charge on any atom is -0.508 e. The zero-order valence-electron chi connectivity index (χ0n) is 35.6. The molecule has 9 N–H and O–H groups in total. The molecule has 0 saturated heterocycles. The smallest absolute Gasteiger partial charge is 0.408 e. The molecule has 15 nitrogen and oxygen atoms in total. The number of phenols is 1. The van der Waals surface area contributed by atoms with Crippen LogP contribution in [0.15, 0.2) is 66.7 Å². The standard InChI is InChI=1S/C44H63N7O8/c1-28-24-31(52)25-29(2)34(28)27-37(50-38(53)36(21-15-23-47-40(45)46)51-42(56)59-44(6,7)8)39(54)49-35(20-12-13-22-48-41(55)58-43(3,4)5)30-16-14-19-33(26-30)57-32-17-10-9-11-18-32/h9-11,14,16-19,24-26,35-37,52H,12-13,15,20-23,27H2,1-8H3,(H,48,55)(H,49,54)(H,50,53)(H,51,56)(H4,45,46,47)/t35-,36+,37-/m0/s1. The Labute approximate surface area is 348 Å². The number of amides is 4. The van der Waals surface area contributed by atoms with Gasteiger partial charge in [-0.2, -0.15) is 0 Å². The molecule has 15 heteroatoms. The highest BCUT2D eigenvalue weighted by Crippen LogP contribution is 2.28. The summed E-state index contributed by atoms with van der Waals surface area (Å²) in [4.78, 5) is 53.9. The first-order chi connectivity index (χ1) is 27.7. The summed E-state index contributed by atoms with van der Waals surface area (Å²) in [6.45, 7) is 14.8. The maximum Gasteiger partial charge on any atom is 0.408 e. The SMILES string of the molecule is Cc1cc(O)cc(C)c1C[C@H](NC(=O)[C@@H](CCCNC(=N)N)NC(=O)OC(C)(C)C)C(=O)N[C@@H](CCCCNC(=O)OC(C)(C)C)c1cccc(Oc2ccccc2)c1. The number of alkyl carbamates (subject to hydrolysis) is 2. The van der Waals surface area contributed by atoms with Crippen molar-refractivity contribution in [2.75, 3.05) is 13.1 Å². The number of hydrogen-bond acceptors (Lipinski definition) is 9. The molecular weight excluding hydrogens is 755 g/mol. The van der Waals surface area contributed by atoms with Crippen LogP contribution in [0, 0.1) is 19.3 Å². The Bertz CT molecular complexity index is 1850. The van der Waals surface area contributed by atoms with E-state index < -0.39 is 53.3 Å². The fourth-order valence-electron chi connectivity index (χ4n) is 6.22. The van der Waals surface area contributed by atoms with Gasteiger partial charge in [-0.15, -0.1) is 0 Å². The first-order valence-corrected chi connectivity index (χ1v) is 20.0. The van der Waals surface area contributed by atoms with Gasteiger partial charge in [0.25, 0.3) is 0 Å². The highest BCUT2D eigenvalue weighted by molar-refractivity contribution is 5.91. The molecule has 0 aromatic heterocycles. The Hall–Kier alpha value is -5.99. The molecule has 0 bridgehead atoms. The van der Waals surface area contributed by atoms with Gasteiger partial charge < -0.3 is 51.6 Å². The van der Waals surface area contributed by atoms with Gasteiger partial charge in [0.15, 0.2) is 5.96 Å². The van der Waals surface area contributed by atoms with E-state index in [1.807, 2.05) is 68.4 Å². The van der Waals surface area contributed by atoms with E-state index in [1.165, 1.54) is 0 Å². The van der Waals surface area contributed by atoms with Crippen LogP contribution in [0.4, 0.5) is 9.59 Å². The number of hydrogen-bond donors (Lipinski definition) is 8. The molecule has 0 unspecified atom stereocenters. The topological polar surface area (TPSA) is 226 Å². The molecule has 0 aliphatic heterocycles. The van der Waals surface area contributed by atoms with E-state index in [2.05, 4.69) is 26.6 Å². The molecule has 0 radical (unpaired) electrons. The van der Waals surface area contributed by atoms with E-state index in [-0.39, 0.29) is 31.1 Å². The number of nitrogens with one attached hydrogen (secondary N) is 6. The second kappa shape index (κ2) is 22.2. The number of aromatic hydroxyl groups is 1. The molecule has 59 heavy (non-hydrogen) atoms.